The lowest BCUT2D eigenvalue weighted by Gasteiger charge is -2.38. The second-order valence-electron chi connectivity index (χ2n) is 9.02. The van der Waals surface area contributed by atoms with Crippen LogP contribution in [0.1, 0.15) is 59.7 Å². The van der Waals surface area contributed by atoms with E-state index in [1.54, 1.807) is 11.3 Å². The Bertz CT molecular complexity index is 1110. The van der Waals surface area contributed by atoms with Gasteiger partial charge in [0, 0.05) is 17.5 Å². The van der Waals surface area contributed by atoms with Gasteiger partial charge in [-0.3, -0.25) is 9.59 Å². The van der Waals surface area contributed by atoms with Crippen molar-refractivity contribution in [2.24, 2.45) is 0 Å². The Morgan fingerprint density at radius 3 is 2.39 bits per heavy atom. The Kier molecular flexibility index (Phi) is 6.32. The number of carbonyl (C=O) groups is 2. The molecule has 1 aliphatic carbocycles. The van der Waals surface area contributed by atoms with E-state index in [-0.39, 0.29) is 36.4 Å². The third-order valence-electron chi connectivity index (χ3n) is 6.89. The van der Waals surface area contributed by atoms with Gasteiger partial charge in [0.1, 0.15) is 6.54 Å². The predicted molar refractivity (Wildman–Crippen MR) is 132 cm³/mol. The Morgan fingerprint density at radius 1 is 1.03 bits per heavy atom. The lowest BCUT2D eigenvalue weighted by molar-refractivity contribution is -0.143. The molecule has 4 nitrogen and oxygen atoms in total. The molecule has 0 saturated heterocycles. The van der Waals surface area contributed by atoms with Gasteiger partial charge in [-0.25, -0.2) is 0 Å². The van der Waals surface area contributed by atoms with Crippen LogP contribution in [0.2, 0.25) is 0 Å². The Balaban J connectivity index is 1.40. The molecule has 1 aliphatic heterocycles. The lowest BCUT2D eigenvalue weighted by Crippen LogP contribution is -2.48. The van der Waals surface area contributed by atoms with Gasteiger partial charge in [-0.15, -0.1) is 11.3 Å². The normalized spacial score (nSPS) is 18.5. The first kappa shape index (κ1) is 21.9. The standard InChI is InChI=1S/C28H30N2O2S/c1-2-23(20-9-5-3-6-10-20)28(32)30(22-13-14-22)19-26(31)29-17-15-25-24(16-18-33-25)27(29)21-11-7-4-8-12-21/h3-12,16,18,22-23,27H,2,13-15,17,19H2,1H3. The second kappa shape index (κ2) is 9.52. The van der Waals surface area contributed by atoms with Crippen molar-refractivity contribution in [2.45, 2.75) is 50.6 Å². The zero-order valence-electron chi connectivity index (χ0n) is 19.0. The van der Waals surface area contributed by atoms with E-state index in [1.165, 1.54) is 10.4 Å². The van der Waals surface area contributed by atoms with E-state index in [4.69, 9.17) is 0 Å². The molecule has 2 atom stereocenters. The number of carbonyl (C=O) groups excluding carboxylic acids is 2. The number of hydrogen-bond donors (Lipinski definition) is 0. The van der Waals surface area contributed by atoms with Gasteiger partial charge < -0.3 is 9.80 Å². The topological polar surface area (TPSA) is 40.6 Å². The molecule has 2 heterocycles. The molecule has 170 valence electrons. The van der Waals surface area contributed by atoms with Crippen LogP contribution in [-0.4, -0.2) is 40.7 Å². The summed E-state index contributed by atoms with van der Waals surface area (Å²) in [5.74, 6) is -0.0673. The number of rotatable bonds is 7. The van der Waals surface area contributed by atoms with Crippen LogP contribution in [-0.2, 0) is 16.0 Å². The molecule has 1 aromatic heterocycles. The van der Waals surface area contributed by atoms with Crippen LogP contribution >= 0.6 is 11.3 Å². The van der Waals surface area contributed by atoms with Crippen LogP contribution in [0.25, 0.3) is 0 Å². The largest absolute Gasteiger partial charge is 0.330 e. The number of amides is 2. The van der Waals surface area contributed by atoms with Crippen molar-refractivity contribution in [3.8, 4) is 0 Å². The van der Waals surface area contributed by atoms with E-state index >= 15 is 0 Å². The van der Waals surface area contributed by atoms with E-state index < -0.39 is 0 Å². The van der Waals surface area contributed by atoms with Gasteiger partial charge in [0.15, 0.2) is 0 Å². The highest BCUT2D eigenvalue weighted by Gasteiger charge is 2.39. The predicted octanol–water partition coefficient (Wildman–Crippen LogP) is 5.41. The molecule has 0 bridgehead atoms. The maximum Gasteiger partial charge on any atom is 0.243 e. The van der Waals surface area contributed by atoms with Gasteiger partial charge in [0.05, 0.1) is 12.0 Å². The number of hydrogen-bond acceptors (Lipinski definition) is 3. The van der Waals surface area contributed by atoms with Crippen molar-refractivity contribution >= 4 is 23.2 Å². The van der Waals surface area contributed by atoms with Crippen LogP contribution in [0, 0.1) is 0 Å². The lowest BCUT2D eigenvalue weighted by atomic mass is 9.93. The minimum Gasteiger partial charge on any atom is -0.330 e. The molecule has 2 amide bonds. The molecule has 2 aliphatic rings. The summed E-state index contributed by atoms with van der Waals surface area (Å²) in [4.78, 5) is 32.6. The summed E-state index contributed by atoms with van der Waals surface area (Å²) in [6, 6.07) is 22.5. The third-order valence-corrected chi connectivity index (χ3v) is 7.88. The number of thiophene rings is 1. The molecule has 1 saturated carbocycles. The van der Waals surface area contributed by atoms with Crippen LogP contribution in [0.15, 0.2) is 72.1 Å². The molecule has 5 heteroatoms. The quantitative estimate of drug-likeness (QED) is 0.475. The molecule has 0 N–H and O–H groups in total. The van der Waals surface area contributed by atoms with Crippen molar-refractivity contribution in [1.82, 2.24) is 9.80 Å². The second-order valence-corrected chi connectivity index (χ2v) is 10.0. The van der Waals surface area contributed by atoms with Crippen molar-refractivity contribution in [1.29, 1.82) is 0 Å². The molecule has 3 aromatic rings. The molecule has 2 unspecified atom stereocenters. The van der Waals surface area contributed by atoms with Gasteiger partial charge in [-0.2, -0.15) is 0 Å². The zero-order chi connectivity index (χ0) is 22.8. The summed E-state index contributed by atoms with van der Waals surface area (Å²) in [6.45, 7) is 2.90. The summed E-state index contributed by atoms with van der Waals surface area (Å²) in [5.41, 5.74) is 3.39. The minimum atomic E-state index is -0.200. The average molecular weight is 459 g/mol. The van der Waals surface area contributed by atoms with Gasteiger partial charge in [0.2, 0.25) is 11.8 Å². The van der Waals surface area contributed by atoms with Crippen LogP contribution in [0.5, 0.6) is 0 Å². The van der Waals surface area contributed by atoms with Gasteiger partial charge in [-0.1, -0.05) is 67.6 Å². The van der Waals surface area contributed by atoms with E-state index in [0.717, 1.165) is 36.8 Å². The highest BCUT2D eigenvalue weighted by Crippen LogP contribution is 2.38. The van der Waals surface area contributed by atoms with Gasteiger partial charge in [-0.05, 0) is 53.8 Å². The molecular formula is C28H30N2O2S. The molecule has 2 aromatic carbocycles. The van der Waals surface area contributed by atoms with Gasteiger partial charge >= 0.3 is 0 Å². The molecule has 0 radical (unpaired) electrons. The highest BCUT2D eigenvalue weighted by molar-refractivity contribution is 7.10. The number of fused-ring (bicyclic) bond motifs is 1. The fraction of sp³-hybridized carbons (Fsp3) is 0.357. The van der Waals surface area contributed by atoms with Gasteiger partial charge in [0.25, 0.3) is 0 Å². The average Bonchev–Trinajstić information content (AvgIpc) is 3.59. The number of nitrogens with zero attached hydrogens (tertiary/aromatic N) is 2. The zero-order valence-corrected chi connectivity index (χ0v) is 19.8. The first-order valence-electron chi connectivity index (χ1n) is 11.9. The fourth-order valence-corrected chi connectivity index (χ4v) is 5.93. The first-order valence-corrected chi connectivity index (χ1v) is 12.8. The summed E-state index contributed by atoms with van der Waals surface area (Å²) >= 11 is 1.77. The SMILES string of the molecule is CCC(C(=O)N(CC(=O)N1CCc2sccc2C1c1ccccc1)C1CC1)c1ccccc1. The first-order chi connectivity index (χ1) is 16.2. The van der Waals surface area contributed by atoms with E-state index in [9.17, 15) is 9.59 Å². The summed E-state index contributed by atoms with van der Waals surface area (Å²) in [6.07, 6.45) is 3.58. The number of benzene rings is 2. The van der Waals surface area contributed by atoms with E-state index in [2.05, 4.69) is 30.5 Å². The third kappa shape index (κ3) is 4.47. The maximum absolute atomic E-state index is 13.7. The van der Waals surface area contributed by atoms with Crippen molar-refractivity contribution in [3.63, 3.8) is 0 Å². The van der Waals surface area contributed by atoms with Crippen molar-refractivity contribution in [2.75, 3.05) is 13.1 Å². The monoisotopic (exact) mass is 458 g/mol. The van der Waals surface area contributed by atoms with Crippen molar-refractivity contribution < 1.29 is 9.59 Å². The molecular weight excluding hydrogens is 428 g/mol. The summed E-state index contributed by atoms with van der Waals surface area (Å²) < 4.78 is 0. The Morgan fingerprint density at radius 2 is 1.73 bits per heavy atom. The summed E-state index contributed by atoms with van der Waals surface area (Å²) in [5, 5.41) is 2.13. The maximum atomic E-state index is 13.7. The summed E-state index contributed by atoms with van der Waals surface area (Å²) in [7, 11) is 0. The highest BCUT2D eigenvalue weighted by atomic mass is 32.1. The molecule has 5 rings (SSSR count). The van der Waals surface area contributed by atoms with E-state index in [0.29, 0.717) is 6.54 Å². The van der Waals surface area contributed by atoms with Crippen molar-refractivity contribution in [3.05, 3.63) is 93.7 Å². The van der Waals surface area contributed by atoms with Crippen LogP contribution in [0.4, 0.5) is 0 Å². The van der Waals surface area contributed by atoms with Crippen LogP contribution in [0.3, 0.4) is 0 Å². The Labute approximate surface area is 199 Å². The molecule has 33 heavy (non-hydrogen) atoms. The van der Waals surface area contributed by atoms with Crippen LogP contribution < -0.4 is 0 Å². The Hall–Kier alpha value is -2.92. The fourth-order valence-electron chi connectivity index (χ4n) is 5.03. The smallest absolute Gasteiger partial charge is 0.243 e. The van der Waals surface area contributed by atoms with E-state index in [1.807, 2.05) is 58.3 Å². The minimum absolute atomic E-state index is 0.0452. The molecule has 0 spiro atoms. The molecule has 1 fully saturated rings.